The Morgan fingerprint density at radius 2 is 2.04 bits per heavy atom. The molecular formula is C17H24FIN4OS. The Morgan fingerprint density at radius 3 is 2.68 bits per heavy atom. The van der Waals surface area contributed by atoms with Crippen LogP contribution in [0.3, 0.4) is 0 Å². The molecule has 2 aromatic rings. The normalized spacial score (nSPS) is 10.9. The first-order valence-electron chi connectivity index (χ1n) is 7.97. The van der Waals surface area contributed by atoms with Crippen LogP contribution in [0.4, 0.5) is 4.39 Å². The summed E-state index contributed by atoms with van der Waals surface area (Å²) < 4.78 is 18.3. The van der Waals surface area contributed by atoms with E-state index in [2.05, 4.69) is 27.5 Å². The molecule has 25 heavy (non-hydrogen) atoms. The van der Waals surface area contributed by atoms with Crippen LogP contribution in [-0.4, -0.2) is 31.1 Å². The van der Waals surface area contributed by atoms with E-state index in [1.807, 2.05) is 6.20 Å². The highest BCUT2D eigenvalue weighted by molar-refractivity contribution is 14.0. The van der Waals surface area contributed by atoms with E-state index in [0.29, 0.717) is 18.9 Å². The number of aliphatic imine (C=N–C) groups is 1. The summed E-state index contributed by atoms with van der Waals surface area (Å²) in [7, 11) is 1.74. The number of aromatic nitrogens is 1. The molecule has 2 N–H and O–H groups in total. The van der Waals surface area contributed by atoms with Gasteiger partial charge in [0.2, 0.25) is 0 Å². The zero-order valence-corrected chi connectivity index (χ0v) is 17.6. The van der Waals surface area contributed by atoms with Gasteiger partial charge in [0.15, 0.2) is 5.96 Å². The molecule has 0 aliphatic rings. The summed E-state index contributed by atoms with van der Waals surface area (Å²) >= 11 is 1.71. The molecule has 5 nitrogen and oxygen atoms in total. The van der Waals surface area contributed by atoms with Crippen LogP contribution in [-0.2, 0) is 13.0 Å². The summed E-state index contributed by atoms with van der Waals surface area (Å²) in [5.41, 5.74) is 0. The number of halogens is 2. The van der Waals surface area contributed by atoms with Crippen LogP contribution < -0.4 is 15.4 Å². The van der Waals surface area contributed by atoms with E-state index >= 15 is 0 Å². The lowest BCUT2D eigenvalue weighted by molar-refractivity contribution is 0.310. The SMILES string of the molecule is CCc1cnc(CNC(=NC)NCCCOc2ccc(F)cc2)s1.I. The first-order chi connectivity index (χ1) is 11.7. The topological polar surface area (TPSA) is 58.5 Å². The Morgan fingerprint density at radius 1 is 1.28 bits per heavy atom. The average Bonchev–Trinajstić information content (AvgIpc) is 3.07. The van der Waals surface area contributed by atoms with Crippen molar-refractivity contribution in [1.29, 1.82) is 0 Å². The van der Waals surface area contributed by atoms with Gasteiger partial charge in [0, 0.05) is 24.7 Å². The van der Waals surface area contributed by atoms with Gasteiger partial charge in [0.05, 0.1) is 13.2 Å². The molecule has 0 aliphatic carbocycles. The van der Waals surface area contributed by atoms with E-state index in [0.717, 1.165) is 30.4 Å². The Hall–Kier alpha value is -1.42. The lowest BCUT2D eigenvalue weighted by atomic mass is 10.3. The van der Waals surface area contributed by atoms with Gasteiger partial charge in [-0.15, -0.1) is 35.3 Å². The van der Waals surface area contributed by atoms with Crippen molar-refractivity contribution in [3.63, 3.8) is 0 Å². The number of hydrogen-bond donors (Lipinski definition) is 2. The maximum atomic E-state index is 12.8. The lowest BCUT2D eigenvalue weighted by Gasteiger charge is -2.11. The number of guanidine groups is 1. The molecule has 0 bridgehead atoms. The van der Waals surface area contributed by atoms with Crippen molar-refractivity contribution in [2.45, 2.75) is 26.3 Å². The largest absolute Gasteiger partial charge is 0.494 e. The maximum absolute atomic E-state index is 12.8. The second-order valence-corrected chi connectivity index (χ2v) is 6.28. The van der Waals surface area contributed by atoms with Crippen molar-refractivity contribution in [2.75, 3.05) is 20.2 Å². The molecule has 138 valence electrons. The summed E-state index contributed by atoms with van der Waals surface area (Å²) in [5.74, 6) is 1.16. The Kier molecular flexibility index (Phi) is 10.4. The average molecular weight is 478 g/mol. The Bertz CT molecular complexity index is 648. The monoisotopic (exact) mass is 478 g/mol. The molecule has 0 fully saturated rings. The number of rotatable bonds is 8. The van der Waals surface area contributed by atoms with Gasteiger partial charge in [-0.1, -0.05) is 6.92 Å². The van der Waals surface area contributed by atoms with Gasteiger partial charge in [-0.3, -0.25) is 4.99 Å². The summed E-state index contributed by atoms with van der Waals surface area (Å²) in [4.78, 5) is 9.84. The maximum Gasteiger partial charge on any atom is 0.191 e. The second-order valence-electron chi connectivity index (χ2n) is 5.08. The highest BCUT2D eigenvalue weighted by Crippen LogP contribution is 2.13. The van der Waals surface area contributed by atoms with Crippen molar-refractivity contribution in [1.82, 2.24) is 15.6 Å². The van der Waals surface area contributed by atoms with E-state index < -0.39 is 0 Å². The van der Waals surface area contributed by atoms with Crippen LogP contribution in [0.1, 0.15) is 23.2 Å². The van der Waals surface area contributed by atoms with Gasteiger partial charge < -0.3 is 15.4 Å². The van der Waals surface area contributed by atoms with Crippen molar-refractivity contribution in [2.24, 2.45) is 4.99 Å². The molecule has 0 saturated heterocycles. The van der Waals surface area contributed by atoms with Crippen LogP contribution in [0.15, 0.2) is 35.5 Å². The zero-order chi connectivity index (χ0) is 17.2. The van der Waals surface area contributed by atoms with Gasteiger partial charge in [0.1, 0.15) is 16.6 Å². The van der Waals surface area contributed by atoms with Crippen molar-refractivity contribution in [3.05, 3.63) is 46.2 Å². The third-order valence-electron chi connectivity index (χ3n) is 3.28. The minimum atomic E-state index is -0.259. The zero-order valence-electron chi connectivity index (χ0n) is 14.4. The van der Waals surface area contributed by atoms with Gasteiger partial charge in [-0.2, -0.15) is 0 Å². The Labute approximate surface area is 169 Å². The fourth-order valence-electron chi connectivity index (χ4n) is 1.97. The van der Waals surface area contributed by atoms with Gasteiger partial charge >= 0.3 is 0 Å². The molecule has 0 amide bonds. The number of hydrogen-bond acceptors (Lipinski definition) is 4. The molecule has 0 spiro atoms. The first kappa shape index (κ1) is 21.6. The van der Waals surface area contributed by atoms with Crippen molar-refractivity contribution < 1.29 is 9.13 Å². The molecule has 0 atom stereocenters. The second kappa shape index (κ2) is 12.0. The van der Waals surface area contributed by atoms with Gasteiger partial charge in [0.25, 0.3) is 0 Å². The highest BCUT2D eigenvalue weighted by atomic mass is 127. The van der Waals surface area contributed by atoms with Crippen LogP contribution >= 0.6 is 35.3 Å². The van der Waals surface area contributed by atoms with E-state index in [4.69, 9.17) is 4.74 Å². The molecule has 0 radical (unpaired) electrons. The van der Waals surface area contributed by atoms with Crippen LogP contribution in [0.25, 0.3) is 0 Å². The fraction of sp³-hybridized carbons (Fsp3) is 0.412. The summed E-state index contributed by atoms with van der Waals surface area (Å²) in [6.07, 6.45) is 3.75. The third kappa shape index (κ3) is 8.00. The van der Waals surface area contributed by atoms with Crippen molar-refractivity contribution in [3.8, 4) is 5.75 Å². The lowest BCUT2D eigenvalue weighted by Crippen LogP contribution is -2.37. The standard InChI is InChI=1S/C17H23FN4OS.HI/c1-3-15-11-21-16(24-15)12-22-17(19-2)20-9-4-10-23-14-7-5-13(18)6-8-14;/h5-8,11H,3-4,9-10,12H2,1-2H3,(H2,19,20,22);1H. The quantitative estimate of drug-likeness (QED) is 0.264. The van der Waals surface area contributed by atoms with Crippen LogP contribution in [0.2, 0.25) is 0 Å². The summed E-state index contributed by atoms with van der Waals surface area (Å²) in [6, 6.07) is 6.04. The number of thiazole rings is 1. The third-order valence-corrected chi connectivity index (χ3v) is 4.42. The van der Waals surface area contributed by atoms with Gasteiger partial charge in [-0.05, 0) is 37.1 Å². The molecule has 0 saturated carbocycles. The summed E-state index contributed by atoms with van der Waals surface area (Å²) in [6.45, 7) is 4.08. The highest BCUT2D eigenvalue weighted by Gasteiger charge is 2.02. The molecule has 1 aromatic carbocycles. The number of nitrogens with one attached hydrogen (secondary N) is 2. The molecule has 2 rings (SSSR count). The molecule has 0 aliphatic heterocycles. The molecular weight excluding hydrogens is 454 g/mol. The number of nitrogens with zero attached hydrogens (tertiary/aromatic N) is 2. The summed E-state index contributed by atoms with van der Waals surface area (Å²) in [5, 5.41) is 7.52. The van der Waals surface area contributed by atoms with Gasteiger partial charge in [-0.25, -0.2) is 9.37 Å². The molecule has 0 unspecified atom stereocenters. The number of ether oxygens (including phenoxy) is 1. The van der Waals surface area contributed by atoms with E-state index in [1.165, 1.54) is 17.0 Å². The predicted molar refractivity (Wildman–Crippen MR) is 112 cm³/mol. The van der Waals surface area contributed by atoms with Crippen LogP contribution in [0, 0.1) is 5.82 Å². The minimum Gasteiger partial charge on any atom is -0.494 e. The molecule has 1 heterocycles. The number of benzene rings is 1. The van der Waals surface area contributed by atoms with Crippen molar-refractivity contribution >= 4 is 41.3 Å². The van der Waals surface area contributed by atoms with Crippen LogP contribution in [0.5, 0.6) is 5.75 Å². The Balaban J connectivity index is 0.00000312. The predicted octanol–water partition coefficient (Wildman–Crippen LogP) is 3.60. The fourth-order valence-corrected chi connectivity index (χ4v) is 2.78. The first-order valence-corrected chi connectivity index (χ1v) is 8.79. The molecule has 1 aromatic heterocycles. The van der Waals surface area contributed by atoms with E-state index in [1.54, 1.807) is 30.5 Å². The smallest absolute Gasteiger partial charge is 0.191 e. The van der Waals surface area contributed by atoms with E-state index in [9.17, 15) is 4.39 Å². The minimum absolute atomic E-state index is 0. The number of aryl methyl sites for hydroxylation is 1. The molecule has 8 heteroatoms. The van der Waals surface area contributed by atoms with E-state index in [-0.39, 0.29) is 29.8 Å².